The Hall–Kier alpha value is -1.43. The molecule has 0 amide bonds. The first kappa shape index (κ1) is 15.6. The molecule has 1 aromatic rings. The van der Waals surface area contributed by atoms with Crippen molar-refractivity contribution >= 4 is 21.4 Å². The van der Waals surface area contributed by atoms with Crippen LogP contribution >= 0.6 is 0 Å². The fraction of sp³-hybridized carbons (Fsp3) is 0.538. The highest BCUT2D eigenvalue weighted by molar-refractivity contribution is 7.92. The summed E-state index contributed by atoms with van der Waals surface area (Å²) >= 11 is 0. The van der Waals surface area contributed by atoms with Crippen LogP contribution in [0.1, 0.15) is 27.2 Å². The summed E-state index contributed by atoms with van der Waals surface area (Å²) in [5.41, 5.74) is 6.57. The third-order valence-electron chi connectivity index (χ3n) is 2.62. The molecule has 3 N–H and O–H groups in total. The molecule has 0 saturated carbocycles. The fourth-order valence-electron chi connectivity index (χ4n) is 1.47. The van der Waals surface area contributed by atoms with E-state index in [1.165, 1.54) is 7.11 Å². The molecule has 0 bridgehead atoms. The van der Waals surface area contributed by atoms with Gasteiger partial charge >= 0.3 is 0 Å². The van der Waals surface area contributed by atoms with Crippen molar-refractivity contribution in [2.24, 2.45) is 5.41 Å². The van der Waals surface area contributed by atoms with Gasteiger partial charge in [-0.25, -0.2) is 8.42 Å². The van der Waals surface area contributed by atoms with Gasteiger partial charge in [0.05, 0.1) is 24.2 Å². The van der Waals surface area contributed by atoms with Crippen LogP contribution in [0, 0.1) is 5.41 Å². The van der Waals surface area contributed by atoms with Crippen LogP contribution in [0.2, 0.25) is 0 Å². The molecule has 0 saturated heterocycles. The average molecular weight is 286 g/mol. The van der Waals surface area contributed by atoms with Crippen LogP contribution in [-0.4, -0.2) is 21.3 Å². The maximum atomic E-state index is 11.9. The monoisotopic (exact) mass is 286 g/mol. The standard InChI is InChI=1S/C13H22N2O3S/c1-13(2,3)7-8-19(16,17)15-10-5-6-12(18-4)11(14)9-10/h5-6,9,15H,7-8,14H2,1-4H3. The van der Waals surface area contributed by atoms with Crippen molar-refractivity contribution in [1.82, 2.24) is 0 Å². The van der Waals surface area contributed by atoms with E-state index in [-0.39, 0.29) is 11.2 Å². The summed E-state index contributed by atoms with van der Waals surface area (Å²) < 4.78 is 31.4. The number of ether oxygens (including phenoxy) is 1. The van der Waals surface area contributed by atoms with Gasteiger partial charge in [0, 0.05) is 0 Å². The van der Waals surface area contributed by atoms with Gasteiger partial charge in [-0.05, 0) is 30.0 Å². The highest BCUT2D eigenvalue weighted by Crippen LogP contribution is 2.26. The largest absolute Gasteiger partial charge is 0.495 e. The molecule has 1 aromatic carbocycles. The first-order valence-electron chi connectivity index (χ1n) is 6.07. The van der Waals surface area contributed by atoms with E-state index in [4.69, 9.17) is 10.5 Å². The summed E-state index contributed by atoms with van der Waals surface area (Å²) in [6, 6.07) is 4.81. The Morgan fingerprint density at radius 2 is 1.95 bits per heavy atom. The summed E-state index contributed by atoms with van der Waals surface area (Å²) in [7, 11) is -1.84. The number of hydrogen-bond donors (Lipinski definition) is 2. The lowest BCUT2D eigenvalue weighted by atomic mass is 9.94. The molecule has 1 rings (SSSR count). The van der Waals surface area contributed by atoms with Crippen molar-refractivity contribution < 1.29 is 13.2 Å². The zero-order valence-electron chi connectivity index (χ0n) is 11.9. The second kappa shape index (κ2) is 5.69. The Morgan fingerprint density at radius 3 is 2.42 bits per heavy atom. The Balaban J connectivity index is 2.76. The second-order valence-electron chi connectivity index (χ2n) is 5.69. The molecule has 0 aromatic heterocycles. The van der Waals surface area contributed by atoms with E-state index in [9.17, 15) is 8.42 Å². The zero-order chi connectivity index (χ0) is 14.7. The number of rotatable bonds is 5. The molecule has 0 heterocycles. The van der Waals surface area contributed by atoms with Gasteiger partial charge < -0.3 is 10.5 Å². The third-order valence-corrected chi connectivity index (χ3v) is 3.91. The minimum atomic E-state index is -3.35. The van der Waals surface area contributed by atoms with Gasteiger partial charge in [-0.1, -0.05) is 20.8 Å². The maximum absolute atomic E-state index is 11.9. The molecule has 0 aliphatic heterocycles. The van der Waals surface area contributed by atoms with E-state index in [0.717, 1.165) is 0 Å². The first-order valence-corrected chi connectivity index (χ1v) is 7.72. The topological polar surface area (TPSA) is 81.4 Å². The number of anilines is 2. The smallest absolute Gasteiger partial charge is 0.232 e. The van der Waals surface area contributed by atoms with Crippen LogP contribution < -0.4 is 15.2 Å². The van der Waals surface area contributed by atoms with Gasteiger partial charge in [-0.15, -0.1) is 0 Å². The van der Waals surface area contributed by atoms with Crippen LogP contribution in [0.25, 0.3) is 0 Å². The normalized spacial score (nSPS) is 12.2. The predicted octanol–water partition coefficient (Wildman–Crippen LogP) is 2.46. The number of nitrogen functional groups attached to an aromatic ring is 1. The van der Waals surface area contributed by atoms with Crippen LogP contribution in [0.3, 0.4) is 0 Å². The van der Waals surface area contributed by atoms with E-state index >= 15 is 0 Å². The fourth-order valence-corrected chi connectivity index (χ4v) is 2.94. The lowest BCUT2D eigenvalue weighted by molar-refractivity contribution is 0.397. The lowest BCUT2D eigenvalue weighted by Gasteiger charge is -2.18. The van der Waals surface area contributed by atoms with E-state index in [0.29, 0.717) is 23.5 Å². The van der Waals surface area contributed by atoms with Gasteiger partial charge in [0.2, 0.25) is 10.0 Å². The van der Waals surface area contributed by atoms with Gasteiger partial charge in [-0.3, -0.25) is 4.72 Å². The molecule has 0 aliphatic rings. The van der Waals surface area contributed by atoms with Crippen molar-refractivity contribution in [3.05, 3.63) is 18.2 Å². The number of methoxy groups -OCH3 is 1. The van der Waals surface area contributed by atoms with Crippen molar-refractivity contribution in [2.45, 2.75) is 27.2 Å². The molecular weight excluding hydrogens is 264 g/mol. The molecular formula is C13H22N2O3S. The van der Waals surface area contributed by atoms with Crippen molar-refractivity contribution in [2.75, 3.05) is 23.3 Å². The van der Waals surface area contributed by atoms with E-state index in [1.807, 2.05) is 20.8 Å². The molecule has 0 radical (unpaired) electrons. The van der Waals surface area contributed by atoms with Crippen LogP contribution in [-0.2, 0) is 10.0 Å². The van der Waals surface area contributed by atoms with Crippen LogP contribution in [0.15, 0.2) is 18.2 Å². The molecule has 0 spiro atoms. The molecule has 108 valence electrons. The SMILES string of the molecule is COc1ccc(NS(=O)(=O)CCC(C)(C)C)cc1N. The maximum Gasteiger partial charge on any atom is 0.232 e. The highest BCUT2D eigenvalue weighted by atomic mass is 32.2. The quantitative estimate of drug-likeness (QED) is 0.815. The predicted molar refractivity (Wildman–Crippen MR) is 78.9 cm³/mol. The second-order valence-corrected chi connectivity index (χ2v) is 7.53. The van der Waals surface area contributed by atoms with Crippen molar-refractivity contribution in [1.29, 1.82) is 0 Å². The Labute approximate surface area is 115 Å². The van der Waals surface area contributed by atoms with E-state index in [1.54, 1.807) is 18.2 Å². The van der Waals surface area contributed by atoms with E-state index < -0.39 is 10.0 Å². The number of sulfonamides is 1. The molecule has 0 unspecified atom stereocenters. The van der Waals surface area contributed by atoms with E-state index in [2.05, 4.69) is 4.72 Å². The number of nitrogens with one attached hydrogen (secondary N) is 1. The Morgan fingerprint density at radius 1 is 1.32 bits per heavy atom. The average Bonchev–Trinajstić information content (AvgIpc) is 2.25. The summed E-state index contributed by atoms with van der Waals surface area (Å²) in [4.78, 5) is 0. The number of benzene rings is 1. The van der Waals surface area contributed by atoms with Gasteiger partial charge in [0.1, 0.15) is 5.75 Å². The molecule has 19 heavy (non-hydrogen) atoms. The molecule has 5 nitrogen and oxygen atoms in total. The summed E-state index contributed by atoms with van der Waals surface area (Å²) in [6.07, 6.45) is 0.591. The summed E-state index contributed by atoms with van der Waals surface area (Å²) in [5.74, 6) is 0.611. The minimum absolute atomic E-state index is 0.0202. The van der Waals surface area contributed by atoms with Gasteiger partial charge in [0.25, 0.3) is 0 Å². The van der Waals surface area contributed by atoms with Gasteiger partial charge in [0.15, 0.2) is 0 Å². The zero-order valence-corrected chi connectivity index (χ0v) is 12.7. The van der Waals surface area contributed by atoms with Crippen molar-refractivity contribution in [3.63, 3.8) is 0 Å². The lowest BCUT2D eigenvalue weighted by Crippen LogP contribution is -2.21. The molecule has 0 aliphatic carbocycles. The molecule has 0 atom stereocenters. The third kappa shape index (κ3) is 5.38. The van der Waals surface area contributed by atoms with Crippen LogP contribution in [0.5, 0.6) is 5.75 Å². The minimum Gasteiger partial charge on any atom is -0.495 e. The van der Waals surface area contributed by atoms with Crippen molar-refractivity contribution in [3.8, 4) is 5.75 Å². The Bertz CT molecular complexity index is 533. The molecule has 0 fully saturated rings. The summed E-state index contributed by atoms with van der Waals surface area (Å²) in [5, 5.41) is 0. The first-order chi connectivity index (χ1) is 8.63. The van der Waals surface area contributed by atoms with Gasteiger partial charge in [-0.2, -0.15) is 0 Å². The Kier molecular flexibility index (Phi) is 4.68. The number of hydrogen-bond acceptors (Lipinski definition) is 4. The summed E-state index contributed by atoms with van der Waals surface area (Å²) in [6.45, 7) is 6.02. The van der Waals surface area contributed by atoms with Crippen LogP contribution in [0.4, 0.5) is 11.4 Å². The molecule has 6 heteroatoms. The number of nitrogens with two attached hydrogens (primary N) is 1. The highest BCUT2D eigenvalue weighted by Gasteiger charge is 2.17.